The maximum absolute atomic E-state index is 4.03. The van der Waals surface area contributed by atoms with Crippen molar-refractivity contribution in [1.29, 1.82) is 0 Å². The molecule has 1 unspecified atom stereocenters. The largest absolute Gasteiger partial charge is 0.354 e. The highest BCUT2D eigenvalue weighted by Gasteiger charge is 2.45. The molecule has 252 valence electrons. The van der Waals surface area contributed by atoms with Crippen molar-refractivity contribution in [1.82, 2.24) is 0 Å². The standard InChI is InChI=1S/C51H40BN/c1-32-29-35-17-10-11-18-36(35)31-41(32)47-33(2)30-42(49-48(47)34(3)39-23-12-14-27-45(39)52-49)40-24-16-26-44-50(40)53-46-28-15-13-25-43(46)51(44,37-19-6-4-7-20-37)38-21-8-5-9-22-38/h4-31,34,52-53H,1-3H3. The zero-order chi connectivity index (χ0) is 35.7. The van der Waals surface area contributed by atoms with Crippen LogP contribution in [0.4, 0.5) is 11.4 Å². The predicted molar refractivity (Wildman–Crippen MR) is 226 cm³/mol. The average Bonchev–Trinajstić information content (AvgIpc) is 3.20. The van der Waals surface area contributed by atoms with Gasteiger partial charge in [-0.25, -0.2) is 0 Å². The molecular weight excluding hydrogens is 637 g/mol. The lowest BCUT2D eigenvalue weighted by Gasteiger charge is -2.43. The number of rotatable bonds is 4. The van der Waals surface area contributed by atoms with Crippen LogP contribution >= 0.6 is 0 Å². The summed E-state index contributed by atoms with van der Waals surface area (Å²) in [6.07, 6.45) is 0. The molecule has 2 heterocycles. The van der Waals surface area contributed by atoms with E-state index in [9.17, 15) is 0 Å². The van der Waals surface area contributed by atoms with E-state index in [-0.39, 0.29) is 5.92 Å². The number of para-hydroxylation sites is 2. The molecular formula is C51H40BN. The second-order valence-electron chi connectivity index (χ2n) is 15.0. The van der Waals surface area contributed by atoms with Crippen LogP contribution in [0.15, 0.2) is 170 Å². The van der Waals surface area contributed by atoms with E-state index < -0.39 is 5.41 Å². The fraction of sp³-hybridized carbons (Fsp3) is 0.0980. The normalized spacial score (nSPS) is 15.0. The van der Waals surface area contributed by atoms with Gasteiger partial charge in [0.1, 0.15) is 0 Å². The molecule has 0 saturated heterocycles. The first-order valence-electron chi connectivity index (χ1n) is 18.9. The fourth-order valence-corrected chi connectivity index (χ4v) is 9.83. The van der Waals surface area contributed by atoms with Crippen LogP contribution < -0.4 is 16.2 Å². The highest BCUT2D eigenvalue weighted by Crippen LogP contribution is 2.55. The summed E-state index contributed by atoms with van der Waals surface area (Å²) in [6.45, 7) is 7.03. The Morgan fingerprint density at radius 1 is 0.528 bits per heavy atom. The number of aryl methyl sites for hydroxylation is 2. The van der Waals surface area contributed by atoms with E-state index in [1.807, 2.05) is 0 Å². The molecule has 8 aromatic carbocycles. The molecule has 0 aromatic heterocycles. The van der Waals surface area contributed by atoms with Crippen molar-refractivity contribution < 1.29 is 0 Å². The molecule has 0 bridgehead atoms. The van der Waals surface area contributed by atoms with Crippen LogP contribution in [0.5, 0.6) is 0 Å². The molecule has 0 aliphatic carbocycles. The SMILES string of the molecule is Cc1cc2ccccc2cc1-c1c(C)cc(-c2cccc3c2Nc2ccccc2C3(c2ccccc2)c2ccccc2)c2c1C(C)c1ccccc1B2. The Kier molecular flexibility index (Phi) is 7.30. The lowest BCUT2D eigenvalue weighted by atomic mass is 9.51. The van der Waals surface area contributed by atoms with Crippen molar-refractivity contribution in [3.05, 3.63) is 214 Å². The first-order chi connectivity index (χ1) is 26.0. The van der Waals surface area contributed by atoms with Crippen molar-refractivity contribution in [2.75, 3.05) is 5.32 Å². The zero-order valence-corrected chi connectivity index (χ0v) is 30.5. The summed E-state index contributed by atoms with van der Waals surface area (Å²) < 4.78 is 0. The van der Waals surface area contributed by atoms with Crippen LogP contribution in [-0.2, 0) is 5.41 Å². The van der Waals surface area contributed by atoms with Gasteiger partial charge in [-0.2, -0.15) is 0 Å². The molecule has 0 spiro atoms. The van der Waals surface area contributed by atoms with Crippen molar-refractivity contribution in [2.24, 2.45) is 0 Å². The molecule has 8 aromatic rings. The minimum atomic E-state index is -0.507. The summed E-state index contributed by atoms with van der Waals surface area (Å²) >= 11 is 0. The molecule has 2 aliphatic rings. The van der Waals surface area contributed by atoms with Crippen LogP contribution in [0.1, 0.15) is 57.3 Å². The summed E-state index contributed by atoms with van der Waals surface area (Å²) in [7, 11) is 0.897. The monoisotopic (exact) mass is 677 g/mol. The van der Waals surface area contributed by atoms with Crippen LogP contribution in [0.3, 0.4) is 0 Å². The minimum absolute atomic E-state index is 0.246. The number of hydrogen-bond acceptors (Lipinski definition) is 1. The predicted octanol–water partition coefficient (Wildman–Crippen LogP) is 11.1. The van der Waals surface area contributed by atoms with Gasteiger partial charge in [0.05, 0.1) is 11.1 Å². The van der Waals surface area contributed by atoms with Gasteiger partial charge in [0.2, 0.25) is 0 Å². The highest BCUT2D eigenvalue weighted by atomic mass is 14.9. The molecule has 2 heteroatoms. The maximum atomic E-state index is 4.03. The average molecular weight is 678 g/mol. The van der Waals surface area contributed by atoms with E-state index in [1.165, 1.54) is 94.1 Å². The van der Waals surface area contributed by atoms with E-state index in [0.29, 0.717) is 0 Å². The molecule has 0 fully saturated rings. The molecule has 0 saturated carbocycles. The van der Waals surface area contributed by atoms with Gasteiger partial charge in [-0.3, -0.25) is 0 Å². The molecule has 0 radical (unpaired) electrons. The minimum Gasteiger partial charge on any atom is -0.354 e. The highest BCUT2D eigenvalue weighted by molar-refractivity contribution is 6.70. The van der Waals surface area contributed by atoms with Crippen LogP contribution in [0.25, 0.3) is 33.0 Å². The molecule has 53 heavy (non-hydrogen) atoms. The van der Waals surface area contributed by atoms with Gasteiger partial charge in [-0.15, -0.1) is 0 Å². The molecule has 1 atom stereocenters. The molecule has 10 rings (SSSR count). The second-order valence-corrected chi connectivity index (χ2v) is 15.0. The Morgan fingerprint density at radius 3 is 1.91 bits per heavy atom. The van der Waals surface area contributed by atoms with Crippen molar-refractivity contribution in [2.45, 2.75) is 32.1 Å². The molecule has 1 nitrogen and oxygen atoms in total. The number of benzene rings is 8. The quantitative estimate of drug-likeness (QED) is 0.183. The third kappa shape index (κ3) is 4.72. The molecule has 1 N–H and O–H groups in total. The summed E-state index contributed by atoms with van der Waals surface area (Å²) in [5.74, 6) is 0.246. The van der Waals surface area contributed by atoms with Gasteiger partial charge in [0.25, 0.3) is 0 Å². The number of anilines is 2. The number of hydrogen-bond donors (Lipinski definition) is 1. The van der Waals surface area contributed by atoms with Gasteiger partial charge in [-0.05, 0) is 98.0 Å². The zero-order valence-electron chi connectivity index (χ0n) is 30.5. The molecule has 2 aliphatic heterocycles. The Hall–Kier alpha value is -6.12. The van der Waals surface area contributed by atoms with E-state index in [4.69, 9.17) is 0 Å². The van der Waals surface area contributed by atoms with E-state index in [0.717, 1.165) is 13.0 Å². The Labute approximate surface area is 313 Å². The van der Waals surface area contributed by atoms with Gasteiger partial charge in [0.15, 0.2) is 7.28 Å². The lowest BCUT2D eigenvalue weighted by Crippen LogP contribution is -2.41. The first kappa shape index (κ1) is 31.6. The van der Waals surface area contributed by atoms with Crippen LogP contribution in [0.2, 0.25) is 0 Å². The summed E-state index contributed by atoms with van der Waals surface area (Å²) in [5, 5.41) is 6.61. The van der Waals surface area contributed by atoms with Gasteiger partial charge in [0, 0.05) is 17.2 Å². The van der Waals surface area contributed by atoms with Crippen molar-refractivity contribution in [3.8, 4) is 22.3 Å². The van der Waals surface area contributed by atoms with E-state index in [2.05, 4.69) is 196 Å². The fourth-order valence-electron chi connectivity index (χ4n) is 9.83. The number of nitrogens with one attached hydrogen (secondary N) is 1. The van der Waals surface area contributed by atoms with Crippen molar-refractivity contribution in [3.63, 3.8) is 0 Å². The van der Waals surface area contributed by atoms with Gasteiger partial charge >= 0.3 is 0 Å². The topological polar surface area (TPSA) is 12.0 Å². The summed E-state index contributed by atoms with van der Waals surface area (Å²) in [4.78, 5) is 0. The Bertz CT molecular complexity index is 2670. The van der Waals surface area contributed by atoms with Crippen LogP contribution in [-0.4, -0.2) is 7.28 Å². The maximum Gasteiger partial charge on any atom is 0.193 e. The smallest absolute Gasteiger partial charge is 0.193 e. The van der Waals surface area contributed by atoms with Gasteiger partial charge < -0.3 is 5.32 Å². The summed E-state index contributed by atoms with van der Waals surface area (Å²) in [5.41, 5.74) is 20.6. The summed E-state index contributed by atoms with van der Waals surface area (Å²) in [6, 6.07) is 63.2. The van der Waals surface area contributed by atoms with Gasteiger partial charge in [-0.1, -0.05) is 176 Å². The third-order valence-corrected chi connectivity index (χ3v) is 12.1. The third-order valence-electron chi connectivity index (χ3n) is 12.1. The number of fused-ring (bicyclic) bond motifs is 5. The van der Waals surface area contributed by atoms with Crippen molar-refractivity contribution >= 4 is 40.4 Å². The molecule has 0 amide bonds. The van der Waals surface area contributed by atoms with E-state index >= 15 is 0 Å². The second kappa shape index (κ2) is 12.2. The first-order valence-corrected chi connectivity index (χ1v) is 18.9. The Balaban J connectivity index is 1.29. The Morgan fingerprint density at radius 2 is 1.15 bits per heavy atom. The van der Waals surface area contributed by atoms with Crippen LogP contribution in [0, 0.1) is 13.8 Å². The van der Waals surface area contributed by atoms with E-state index in [1.54, 1.807) is 0 Å². The lowest BCUT2D eigenvalue weighted by molar-refractivity contribution is 0.741.